The smallest absolute Gasteiger partial charge is 0.374 e. The lowest BCUT2D eigenvalue weighted by Crippen LogP contribution is -2.47. The number of ether oxygens (including phenoxy) is 1. The molecule has 0 radical (unpaired) electrons. The lowest BCUT2D eigenvalue weighted by atomic mass is 9.78. The Balaban J connectivity index is 1.60. The fourth-order valence-corrected chi connectivity index (χ4v) is 5.34. The highest BCUT2D eigenvalue weighted by atomic mass is 19.4. The monoisotopic (exact) mass is 655 g/mol. The molecule has 9 nitrogen and oxygen atoms in total. The van der Waals surface area contributed by atoms with Gasteiger partial charge in [0.25, 0.3) is 5.91 Å². The molecule has 1 fully saturated rings. The Labute approximate surface area is 258 Å². The van der Waals surface area contributed by atoms with E-state index in [0.717, 1.165) is 17.3 Å². The van der Waals surface area contributed by atoms with Gasteiger partial charge in [-0.2, -0.15) is 26.3 Å². The second-order valence-corrected chi connectivity index (χ2v) is 10.8. The molecule has 1 saturated heterocycles. The Morgan fingerprint density at radius 1 is 1.00 bits per heavy atom. The van der Waals surface area contributed by atoms with E-state index in [1.165, 1.54) is 37.2 Å². The summed E-state index contributed by atoms with van der Waals surface area (Å²) >= 11 is 0. The number of carbonyl (C=O) groups excluding carboxylic acids is 3. The molecule has 2 heterocycles. The van der Waals surface area contributed by atoms with E-state index < -0.39 is 65.6 Å². The molecule has 1 aliphatic rings. The average molecular weight is 656 g/mol. The van der Waals surface area contributed by atoms with E-state index in [2.05, 4.69) is 15.3 Å². The van der Waals surface area contributed by atoms with Crippen LogP contribution in [0.3, 0.4) is 0 Å². The van der Waals surface area contributed by atoms with Crippen molar-refractivity contribution in [2.45, 2.75) is 38.2 Å². The van der Waals surface area contributed by atoms with Crippen molar-refractivity contribution in [3.63, 3.8) is 0 Å². The number of hydrogen-bond acceptors (Lipinski definition) is 6. The van der Waals surface area contributed by atoms with E-state index in [0.29, 0.717) is 23.3 Å². The highest BCUT2D eigenvalue weighted by Crippen LogP contribution is 2.38. The van der Waals surface area contributed by atoms with Crippen LogP contribution in [0.25, 0.3) is 0 Å². The minimum atomic E-state index is -5.05. The molecule has 1 aromatic heterocycles. The number of nitrogens with zero attached hydrogens (tertiary/aromatic N) is 4. The number of alkyl halides is 6. The van der Waals surface area contributed by atoms with Crippen LogP contribution >= 0.6 is 0 Å². The van der Waals surface area contributed by atoms with Gasteiger partial charge in [-0.3, -0.25) is 9.59 Å². The zero-order chi connectivity index (χ0) is 34.0. The van der Waals surface area contributed by atoms with Gasteiger partial charge in [-0.25, -0.2) is 19.2 Å². The minimum absolute atomic E-state index is 0.0128. The van der Waals surface area contributed by atoms with Crippen LogP contribution in [0.5, 0.6) is 6.01 Å². The van der Waals surface area contributed by atoms with Crippen molar-refractivity contribution in [3.05, 3.63) is 88.0 Å². The van der Waals surface area contributed by atoms with Crippen LogP contribution in [0.2, 0.25) is 0 Å². The Bertz CT molecular complexity index is 1580. The molecule has 4 rings (SSSR count). The lowest BCUT2D eigenvalue weighted by Gasteiger charge is -2.40. The van der Waals surface area contributed by atoms with Gasteiger partial charge in [0, 0.05) is 58.0 Å². The summed E-state index contributed by atoms with van der Waals surface area (Å²) in [6, 6.07) is 4.75. The Hall–Kier alpha value is -4.76. The van der Waals surface area contributed by atoms with Gasteiger partial charge in [0.1, 0.15) is 5.82 Å². The highest BCUT2D eigenvalue weighted by Gasteiger charge is 2.40. The third kappa shape index (κ3) is 7.90. The second kappa shape index (κ2) is 13.3. The van der Waals surface area contributed by atoms with Crippen molar-refractivity contribution >= 4 is 17.9 Å². The number of carbonyl (C=O) groups is 3. The molecule has 3 amide bonds. The largest absolute Gasteiger partial charge is 0.416 e. The van der Waals surface area contributed by atoms with Crippen LogP contribution in [0.15, 0.2) is 48.8 Å². The Morgan fingerprint density at radius 2 is 1.61 bits per heavy atom. The van der Waals surface area contributed by atoms with Crippen molar-refractivity contribution in [2.24, 2.45) is 5.92 Å². The van der Waals surface area contributed by atoms with Gasteiger partial charge in [0.05, 0.1) is 16.7 Å². The molecule has 0 saturated carbocycles. The lowest BCUT2D eigenvalue weighted by molar-refractivity contribution is -0.143. The Morgan fingerprint density at radius 3 is 2.15 bits per heavy atom. The van der Waals surface area contributed by atoms with Crippen molar-refractivity contribution in [3.8, 4) is 6.01 Å². The summed E-state index contributed by atoms with van der Waals surface area (Å²) in [6.45, 7) is 1.08. The van der Waals surface area contributed by atoms with Gasteiger partial charge in [-0.15, -0.1) is 0 Å². The molecule has 0 bridgehead atoms. The minimum Gasteiger partial charge on any atom is -0.374 e. The van der Waals surface area contributed by atoms with E-state index in [-0.39, 0.29) is 42.7 Å². The molecule has 0 aliphatic carbocycles. The average Bonchev–Trinajstić information content (AvgIpc) is 2.99. The molecule has 16 heteroatoms. The molecule has 2 atom stereocenters. The van der Waals surface area contributed by atoms with Gasteiger partial charge in [-0.1, -0.05) is 6.07 Å². The first-order valence-electron chi connectivity index (χ1n) is 13.8. The number of likely N-dealkylation sites (tertiary alicyclic amines) is 1. The van der Waals surface area contributed by atoms with E-state index in [1.807, 2.05) is 0 Å². The summed E-state index contributed by atoms with van der Waals surface area (Å²) < 4.78 is 99.2. The summed E-state index contributed by atoms with van der Waals surface area (Å²) in [4.78, 5) is 48.7. The number of nitrogens with one attached hydrogen (secondary N) is 1. The van der Waals surface area contributed by atoms with Crippen LogP contribution in [-0.4, -0.2) is 64.9 Å². The van der Waals surface area contributed by atoms with Crippen LogP contribution in [0.1, 0.15) is 50.5 Å². The van der Waals surface area contributed by atoms with Gasteiger partial charge in [0.2, 0.25) is 5.91 Å². The number of halogens is 7. The van der Waals surface area contributed by atoms with Crippen LogP contribution in [0, 0.1) is 18.7 Å². The second-order valence-electron chi connectivity index (χ2n) is 10.8. The predicted molar refractivity (Wildman–Crippen MR) is 148 cm³/mol. The fraction of sp³-hybridized carbons (Fsp3) is 0.367. The summed E-state index contributed by atoms with van der Waals surface area (Å²) in [6.07, 6.45) is -8.53. The molecule has 1 N–H and O–H groups in total. The van der Waals surface area contributed by atoms with Gasteiger partial charge in [-0.05, 0) is 60.4 Å². The number of benzene rings is 2. The zero-order valence-corrected chi connectivity index (χ0v) is 24.7. The maximum atomic E-state index is 14.0. The first-order valence-corrected chi connectivity index (χ1v) is 13.8. The van der Waals surface area contributed by atoms with E-state index in [4.69, 9.17) is 4.74 Å². The van der Waals surface area contributed by atoms with Crippen molar-refractivity contribution in [1.82, 2.24) is 25.1 Å². The molecular weight excluding hydrogens is 627 g/mol. The van der Waals surface area contributed by atoms with E-state index >= 15 is 0 Å². The summed E-state index contributed by atoms with van der Waals surface area (Å²) in [5.41, 5.74) is -2.31. The number of rotatable bonds is 6. The number of amides is 3. The van der Waals surface area contributed by atoms with Gasteiger partial charge >= 0.3 is 24.5 Å². The molecule has 0 spiro atoms. The molecule has 46 heavy (non-hydrogen) atoms. The standard InChI is InChI=1S/C30H28F7N5O4/c1-16-8-21(31)4-5-22(16)24-15-42(25(43)18-12-39-27(40-13-18)46-28(45)38-2)7-6-23(24)26(44)41(3)14-17-9-19(29(32,33)34)11-20(10-17)30(35,36)37/h4-5,8-13,23-24H,6-7,14-15H2,1-3H3,(H,38,45)/t23-,24+/m1/s1. The summed E-state index contributed by atoms with van der Waals surface area (Å²) in [5.74, 6) is -3.20. The third-order valence-corrected chi connectivity index (χ3v) is 7.56. The maximum absolute atomic E-state index is 14.0. The molecule has 1 aliphatic heterocycles. The Kier molecular flexibility index (Phi) is 9.87. The summed E-state index contributed by atoms with van der Waals surface area (Å²) in [5, 5.41) is 2.22. The number of hydrogen-bond donors (Lipinski definition) is 1. The van der Waals surface area contributed by atoms with Gasteiger partial charge < -0.3 is 19.9 Å². The van der Waals surface area contributed by atoms with E-state index in [9.17, 15) is 45.1 Å². The fourth-order valence-electron chi connectivity index (χ4n) is 5.34. The zero-order valence-electron chi connectivity index (χ0n) is 24.7. The number of piperidine rings is 1. The van der Waals surface area contributed by atoms with Crippen LogP contribution in [-0.2, 0) is 23.7 Å². The molecule has 0 unspecified atom stereocenters. The highest BCUT2D eigenvalue weighted by molar-refractivity contribution is 5.94. The first kappa shape index (κ1) is 34.1. The number of aromatic nitrogens is 2. The number of aryl methyl sites for hydroxylation is 1. The SMILES string of the molecule is CNC(=O)Oc1ncc(C(=O)N2CC[C@@H](C(=O)N(C)Cc3cc(C(F)(F)F)cc(C(F)(F)F)c3)[C@H](c3ccc(F)cc3C)C2)cn1. The normalized spacial score (nSPS) is 17.0. The quantitative estimate of drug-likeness (QED) is 0.348. The summed E-state index contributed by atoms with van der Waals surface area (Å²) in [7, 11) is 2.60. The van der Waals surface area contributed by atoms with Crippen molar-refractivity contribution in [2.75, 3.05) is 27.2 Å². The van der Waals surface area contributed by atoms with Crippen LogP contribution in [0.4, 0.5) is 35.5 Å². The van der Waals surface area contributed by atoms with E-state index in [1.54, 1.807) is 6.92 Å². The van der Waals surface area contributed by atoms with Crippen molar-refractivity contribution < 1.29 is 49.9 Å². The van der Waals surface area contributed by atoms with Gasteiger partial charge in [0.15, 0.2) is 0 Å². The van der Waals surface area contributed by atoms with Crippen molar-refractivity contribution in [1.29, 1.82) is 0 Å². The topological polar surface area (TPSA) is 105 Å². The maximum Gasteiger partial charge on any atom is 0.416 e. The first-order chi connectivity index (χ1) is 21.5. The molecule has 246 valence electrons. The molecule has 2 aromatic carbocycles. The molecule has 3 aromatic rings. The van der Waals surface area contributed by atoms with Crippen LogP contribution < -0.4 is 10.1 Å². The predicted octanol–water partition coefficient (Wildman–Crippen LogP) is 5.58. The third-order valence-electron chi connectivity index (χ3n) is 7.56. The molecular formula is C30H28F7N5O4.